The van der Waals surface area contributed by atoms with Crippen molar-refractivity contribution < 1.29 is 9.59 Å². The number of halogens is 1. The predicted octanol–water partition coefficient (Wildman–Crippen LogP) is 3.05. The number of nitrogens with one attached hydrogen (secondary N) is 1. The van der Waals surface area contributed by atoms with E-state index < -0.39 is 0 Å². The quantitative estimate of drug-likeness (QED) is 0.941. The summed E-state index contributed by atoms with van der Waals surface area (Å²) in [7, 11) is 0. The largest absolute Gasteiger partial charge is 0.343 e. The zero-order chi connectivity index (χ0) is 16.2. The molecule has 118 valence electrons. The van der Waals surface area contributed by atoms with Crippen LogP contribution in [0.3, 0.4) is 0 Å². The van der Waals surface area contributed by atoms with E-state index in [1.165, 1.54) is 5.56 Å². The number of fused-ring (bicyclic) bond motifs is 1. The number of para-hydroxylation sites is 1. The van der Waals surface area contributed by atoms with Crippen LogP contribution in [0.15, 0.2) is 48.5 Å². The summed E-state index contributed by atoms with van der Waals surface area (Å²) >= 11 is 5.80. The number of amides is 2. The SMILES string of the molecule is O=C(NCC(=O)N1CCCc2ccccc21)c1ccc(Cl)cc1. The molecular weight excluding hydrogens is 312 g/mol. The van der Waals surface area contributed by atoms with Gasteiger partial charge in [0.15, 0.2) is 0 Å². The monoisotopic (exact) mass is 328 g/mol. The maximum absolute atomic E-state index is 12.4. The van der Waals surface area contributed by atoms with E-state index in [9.17, 15) is 9.59 Å². The molecule has 1 aliphatic rings. The molecule has 3 rings (SSSR count). The van der Waals surface area contributed by atoms with E-state index >= 15 is 0 Å². The molecule has 5 heteroatoms. The molecule has 0 aromatic heterocycles. The van der Waals surface area contributed by atoms with Crippen molar-refractivity contribution in [2.24, 2.45) is 0 Å². The smallest absolute Gasteiger partial charge is 0.251 e. The van der Waals surface area contributed by atoms with Crippen molar-refractivity contribution >= 4 is 29.1 Å². The lowest BCUT2D eigenvalue weighted by molar-refractivity contribution is -0.117. The average Bonchev–Trinajstić information content (AvgIpc) is 2.59. The Labute approximate surface area is 140 Å². The molecule has 0 radical (unpaired) electrons. The Balaban J connectivity index is 1.64. The van der Waals surface area contributed by atoms with E-state index in [-0.39, 0.29) is 18.4 Å². The second-order valence-electron chi connectivity index (χ2n) is 5.47. The lowest BCUT2D eigenvalue weighted by atomic mass is 10.0. The summed E-state index contributed by atoms with van der Waals surface area (Å²) in [5.74, 6) is -0.375. The van der Waals surface area contributed by atoms with E-state index in [1.807, 2.05) is 24.3 Å². The van der Waals surface area contributed by atoms with Gasteiger partial charge >= 0.3 is 0 Å². The van der Waals surface area contributed by atoms with E-state index in [0.717, 1.165) is 18.5 Å². The normalized spacial score (nSPS) is 13.3. The molecule has 1 heterocycles. The van der Waals surface area contributed by atoms with Crippen LogP contribution in [0.2, 0.25) is 5.02 Å². The van der Waals surface area contributed by atoms with Crippen molar-refractivity contribution in [3.05, 3.63) is 64.7 Å². The molecule has 4 nitrogen and oxygen atoms in total. The number of nitrogens with zero attached hydrogens (tertiary/aromatic N) is 1. The molecule has 0 fully saturated rings. The van der Waals surface area contributed by atoms with Gasteiger partial charge in [0.2, 0.25) is 5.91 Å². The molecule has 2 amide bonds. The van der Waals surface area contributed by atoms with Crippen LogP contribution in [0, 0.1) is 0 Å². The van der Waals surface area contributed by atoms with Crippen LogP contribution in [-0.2, 0) is 11.2 Å². The molecule has 23 heavy (non-hydrogen) atoms. The van der Waals surface area contributed by atoms with Gasteiger partial charge in [0.05, 0.1) is 6.54 Å². The molecule has 0 saturated carbocycles. The Hall–Kier alpha value is -2.33. The highest BCUT2D eigenvalue weighted by Crippen LogP contribution is 2.26. The number of anilines is 1. The lowest BCUT2D eigenvalue weighted by Gasteiger charge is -2.29. The fraction of sp³-hybridized carbons (Fsp3) is 0.222. The van der Waals surface area contributed by atoms with Crippen molar-refractivity contribution in [2.45, 2.75) is 12.8 Å². The number of carbonyl (C=O) groups is 2. The number of aryl methyl sites for hydroxylation is 1. The van der Waals surface area contributed by atoms with Gasteiger partial charge in [-0.1, -0.05) is 29.8 Å². The highest BCUT2D eigenvalue weighted by atomic mass is 35.5. The summed E-state index contributed by atoms with van der Waals surface area (Å²) in [5.41, 5.74) is 2.61. The molecular formula is C18H17ClN2O2. The van der Waals surface area contributed by atoms with Crippen LogP contribution in [0.4, 0.5) is 5.69 Å². The number of hydrogen-bond donors (Lipinski definition) is 1. The van der Waals surface area contributed by atoms with Crippen LogP contribution < -0.4 is 10.2 Å². The molecule has 0 aliphatic carbocycles. The Kier molecular flexibility index (Phi) is 4.63. The third-order valence-corrected chi connectivity index (χ3v) is 4.17. The topological polar surface area (TPSA) is 49.4 Å². The van der Waals surface area contributed by atoms with Gasteiger partial charge in [0, 0.05) is 22.8 Å². The number of rotatable bonds is 3. The van der Waals surface area contributed by atoms with Crippen LogP contribution in [0.1, 0.15) is 22.3 Å². The molecule has 1 N–H and O–H groups in total. The second kappa shape index (κ2) is 6.84. The second-order valence-corrected chi connectivity index (χ2v) is 5.90. The summed E-state index contributed by atoms with van der Waals surface area (Å²) in [6.45, 7) is 0.669. The molecule has 1 aliphatic heterocycles. The van der Waals surface area contributed by atoms with Crippen LogP contribution in [0.25, 0.3) is 0 Å². The Morgan fingerprint density at radius 1 is 1.09 bits per heavy atom. The Morgan fingerprint density at radius 2 is 1.83 bits per heavy atom. The zero-order valence-corrected chi connectivity index (χ0v) is 13.3. The summed E-state index contributed by atoms with van der Waals surface area (Å²) in [6.07, 6.45) is 1.92. The summed E-state index contributed by atoms with van der Waals surface area (Å²) in [6, 6.07) is 14.5. The summed E-state index contributed by atoms with van der Waals surface area (Å²) < 4.78 is 0. The molecule has 2 aromatic carbocycles. The van der Waals surface area contributed by atoms with Gasteiger partial charge in [0.25, 0.3) is 5.91 Å². The van der Waals surface area contributed by atoms with Crippen molar-refractivity contribution in [2.75, 3.05) is 18.0 Å². The summed E-state index contributed by atoms with van der Waals surface area (Å²) in [4.78, 5) is 26.3. The van der Waals surface area contributed by atoms with Gasteiger partial charge in [-0.15, -0.1) is 0 Å². The predicted molar refractivity (Wildman–Crippen MR) is 90.9 cm³/mol. The maximum atomic E-state index is 12.4. The summed E-state index contributed by atoms with van der Waals surface area (Å²) in [5, 5.41) is 3.24. The van der Waals surface area contributed by atoms with Gasteiger partial charge in [-0.05, 0) is 48.7 Å². The number of hydrogen-bond acceptors (Lipinski definition) is 2. The van der Waals surface area contributed by atoms with Crippen LogP contribution in [-0.4, -0.2) is 24.9 Å². The molecule has 0 unspecified atom stereocenters. The first kappa shape index (κ1) is 15.6. The fourth-order valence-corrected chi connectivity index (χ4v) is 2.87. The first-order valence-corrected chi connectivity index (χ1v) is 7.95. The minimum Gasteiger partial charge on any atom is -0.343 e. The maximum Gasteiger partial charge on any atom is 0.251 e. The molecule has 0 spiro atoms. The number of carbonyl (C=O) groups excluding carboxylic acids is 2. The molecule has 0 saturated heterocycles. The van der Waals surface area contributed by atoms with E-state index in [4.69, 9.17) is 11.6 Å². The van der Waals surface area contributed by atoms with Gasteiger partial charge in [-0.3, -0.25) is 9.59 Å². The van der Waals surface area contributed by atoms with Gasteiger partial charge in [0.1, 0.15) is 0 Å². The van der Waals surface area contributed by atoms with Crippen LogP contribution in [0.5, 0.6) is 0 Å². The Bertz CT molecular complexity index is 728. The average molecular weight is 329 g/mol. The van der Waals surface area contributed by atoms with Gasteiger partial charge < -0.3 is 10.2 Å². The highest BCUT2D eigenvalue weighted by molar-refractivity contribution is 6.30. The molecule has 2 aromatic rings. The van der Waals surface area contributed by atoms with Gasteiger partial charge in [-0.2, -0.15) is 0 Å². The van der Waals surface area contributed by atoms with Crippen molar-refractivity contribution in [3.63, 3.8) is 0 Å². The molecule has 0 bridgehead atoms. The highest BCUT2D eigenvalue weighted by Gasteiger charge is 2.22. The van der Waals surface area contributed by atoms with Crippen molar-refractivity contribution in [1.82, 2.24) is 5.32 Å². The molecule has 0 atom stereocenters. The minimum absolute atomic E-state index is 0.0181. The fourth-order valence-electron chi connectivity index (χ4n) is 2.75. The minimum atomic E-state index is -0.277. The number of benzene rings is 2. The van der Waals surface area contributed by atoms with E-state index in [0.29, 0.717) is 17.1 Å². The third kappa shape index (κ3) is 3.54. The Morgan fingerprint density at radius 3 is 2.61 bits per heavy atom. The van der Waals surface area contributed by atoms with Crippen LogP contribution >= 0.6 is 11.6 Å². The van der Waals surface area contributed by atoms with Gasteiger partial charge in [-0.25, -0.2) is 0 Å². The van der Waals surface area contributed by atoms with Crippen molar-refractivity contribution in [1.29, 1.82) is 0 Å². The van der Waals surface area contributed by atoms with E-state index in [2.05, 4.69) is 5.32 Å². The zero-order valence-electron chi connectivity index (χ0n) is 12.6. The van der Waals surface area contributed by atoms with E-state index in [1.54, 1.807) is 29.2 Å². The third-order valence-electron chi connectivity index (χ3n) is 3.92. The first-order chi connectivity index (χ1) is 11.1. The first-order valence-electron chi connectivity index (χ1n) is 7.57. The lowest BCUT2D eigenvalue weighted by Crippen LogP contribution is -2.42. The van der Waals surface area contributed by atoms with Crippen molar-refractivity contribution in [3.8, 4) is 0 Å². The standard InChI is InChI=1S/C18H17ClN2O2/c19-15-9-7-14(8-10-15)18(23)20-12-17(22)21-11-3-5-13-4-1-2-6-16(13)21/h1-2,4,6-10H,3,5,11-12H2,(H,20,23).